The molecule has 0 aromatic heterocycles. The summed E-state index contributed by atoms with van der Waals surface area (Å²) in [4.78, 5) is 28.6. The highest BCUT2D eigenvalue weighted by atomic mass is 16.5. The number of carbonyl (C=O) groups is 2. The molecular formula is C19H27N3O3. The summed E-state index contributed by atoms with van der Waals surface area (Å²) in [6.45, 7) is 8.75. The minimum atomic E-state index is -0.363. The van der Waals surface area contributed by atoms with Crippen molar-refractivity contribution in [1.29, 1.82) is 0 Å². The highest BCUT2D eigenvalue weighted by molar-refractivity contribution is 5.89. The van der Waals surface area contributed by atoms with Gasteiger partial charge in [0, 0.05) is 19.1 Å². The number of hydrogen-bond acceptors (Lipinski definition) is 4. The molecule has 2 aliphatic rings. The summed E-state index contributed by atoms with van der Waals surface area (Å²) in [5.41, 5.74) is 1.10. The number of nitrogens with zero attached hydrogens (tertiary/aromatic N) is 2. The van der Waals surface area contributed by atoms with Gasteiger partial charge >= 0.3 is 0 Å². The Hall–Kier alpha value is -2.08. The molecule has 2 aliphatic heterocycles. The van der Waals surface area contributed by atoms with Crippen LogP contribution in [0, 0.1) is 6.92 Å². The lowest BCUT2D eigenvalue weighted by Crippen LogP contribution is -2.61. The predicted octanol–water partition coefficient (Wildman–Crippen LogP) is 1.18. The molecule has 0 saturated carbocycles. The van der Waals surface area contributed by atoms with Crippen LogP contribution in [0.2, 0.25) is 0 Å². The van der Waals surface area contributed by atoms with Gasteiger partial charge in [-0.25, -0.2) is 0 Å². The molecule has 6 heteroatoms. The van der Waals surface area contributed by atoms with Gasteiger partial charge in [-0.3, -0.25) is 14.5 Å². The van der Waals surface area contributed by atoms with Crippen LogP contribution in [0.5, 0.6) is 5.75 Å². The van der Waals surface area contributed by atoms with Gasteiger partial charge in [-0.05, 0) is 32.4 Å². The van der Waals surface area contributed by atoms with E-state index in [1.165, 1.54) is 0 Å². The molecule has 0 aliphatic carbocycles. The van der Waals surface area contributed by atoms with Crippen LogP contribution in [-0.2, 0) is 9.59 Å². The molecule has 1 aromatic rings. The first kappa shape index (κ1) is 17.7. The summed E-state index contributed by atoms with van der Waals surface area (Å²) in [6, 6.07) is 7.78. The number of hydrogen-bond donors (Lipinski definition) is 1. The van der Waals surface area contributed by atoms with Crippen molar-refractivity contribution in [1.82, 2.24) is 15.1 Å². The molecule has 0 unspecified atom stereocenters. The van der Waals surface area contributed by atoms with Crippen molar-refractivity contribution in [2.24, 2.45) is 0 Å². The minimum Gasteiger partial charge on any atom is -0.486 e. The molecule has 3 rings (SSSR count). The van der Waals surface area contributed by atoms with Crippen LogP contribution >= 0.6 is 0 Å². The standard InChI is InChI=1S/C19H27N3O3/c1-13(2)22-9-8-20-19(24)16(22)10-18(23)21-11-15(12-21)25-17-7-5-4-6-14(17)3/h4-7,13,15-16H,8-12H2,1-3H3,(H,20,24)/t16-/m0/s1. The Labute approximate surface area is 149 Å². The molecule has 0 radical (unpaired) electrons. The highest BCUT2D eigenvalue weighted by Gasteiger charge is 2.38. The first-order chi connectivity index (χ1) is 12.0. The number of piperazine rings is 1. The molecule has 2 amide bonds. The molecule has 1 atom stereocenters. The van der Waals surface area contributed by atoms with Gasteiger partial charge in [0.25, 0.3) is 0 Å². The molecule has 1 aromatic carbocycles. The number of para-hydroxylation sites is 1. The van der Waals surface area contributed by atoms with Crippen LogP contribution in [0.25, 0.3) is 0 Å². The van der Waals surface area contributed by atoms with Crippen molar-refractivity contribution in [3.63, 3.8) is 0 Å². The van der Waals surface area contributed by atoms with Crippen molar-refractivity contribution in [3.8, 4) is 5.75 Å². The summed E-state index contributed by atoms with van der Waals surface area (Å²) in [6.07, 6.45) is 0.271. The van der Waals surface area contributed by atoms with Gasteiger partial charge in [-0.2, -0.15) is 0 Å². The van der Waals surface area contributed by atoms with Gasteiger partial charge in [-0.1, -0.05) is 18.2 Å². The van der Waals surface area contributed by atoms with E-state index in [0.29, 0.717) is 19.6 Å². The molecular weight excluding hydrogens is 318 g/mol. The van der Waals surface area contributed by atoms with Crippen molar-refractivity contribution < 1.29 is 14.3 Å². The molecule has 0 bridgehead atoms. The minimum absolute atomic E-state index is 0.0253. The molecule has 2 fully saturated rings. The number of benzene rings is 1. The average molecular weight is 345 g/mol. The summed E-state index contributed by atoms with van der Waals surface area (Å²) < 4.78 is 5.95. The van der Waals surface area contributed by atoms with Crippen molar-refractivity contribution in [3.05, 3.63) is 29.8 Å². The Morgan fingerprint density at radius 2 is 2.04 bits per heavy atom. The summed E-state index contributed by atoms with van der Waals surface area (Å²) in [7, 11) is 0. The third-order valence-corrected chi connectivity index (χ3v) is 4.99. The quantitative estimate of drug-likeness (QED) is 0.871. The third kappa shape index (κ3) is 3.95. The number of ether oxygens (including phenoxy) is 1. The molecule has 2 heterocycles. The van der Waals surface area contributed by atoms with Crippen molar-refractivity contribution in [2.75, 3.05) is 26.2 Å². The smallest absolute Gasteiger partial charge is 0.237 e. The van der Waals surface area contributed by atoms with E-state index < -0.39 is 0 Å². The summed E-state index contributed by atoms with van der Waals surface area (Å²) in [5.74, 6) is 0.858. The fraction of sp³-hybridized carbons (Fsp3) is 0.579. The number of carbonyl (C=O) groups excluding carboxylic acids is 2. The maximum Gasteiger partial charge on any atom is 0.237 e. The third-order valence-electron chi connectivity index (χ3n) is 4.99. The predicted molar refractivity (Wildman–Crippen MR) is 95.4 cm³/mol. The van der Waals surface area contributed by atoms with Gasteiger partial charge in [0.15, 0.2) is 0 Å². The normalized spacial score (nSPS) is 21.8. The lowest BCUT2D eigenvalue weighted by Gasteiger charge is -2.42. The van der Waals surface area contributed by atoms with Crippen LogP contribution in [0.3, 0.4) is 0 Å². The van der Waals surface area contributed by atoms with E-state index in [4.69, 9.17) is 4.74 Å². The average Bonchev–Trinajstić information content (AvgIpc) is 2.53. The second-order valence-electron chi connectivity index (χ2n) is 7.15. The van der Waals surface area contributed by atoms with Gasteiger partial charge in [0.1, 0.15) is 11.9 Å². The zero-order valence-corrected chi connectivity index (χ0v) is 15.2. The molecule has 25 heavy (non-hydrogen) atoms. The van der Waals surface area contributed by atoms with Gasteiger partial charge in [0.05, 0.1) is 25.6 Å². The summed E-state index contributed by atoms with van der Waals surface area (Å²) in [5, 5.41) is 2.87. The number of aryl methyl sites for hydroxylation is 1. The number of nitrogens with one attached hydrogen (secondary N) is 1. The molecule has 6 nitrogen and oxygen atoms in total. The Morgan fingerprint density at radius 3 is 2.72 bits per heavy atom. The van der Waals surface area contributed by atoms with E-state index in [1.807, 2.05) is 31.2 Å². The first-order valence-corrected chi connectivity index (χ1v) is 8.99. The topological polar surface area (TPSA) is 61.9 Å². The van der Waals surface area contributed by atoms with Crippen LogP contribution in [0.15, 0.2) is 24.3 Å². The monoisotopic (exact) mass is 345 g/mol. The molecule has 1 N–H and O–H groups in total. The second-order valence-corrected chi connectivity index (χ2v) is 7.15. The van der Waals surface area contributed by atoms with Gasteiger partial charge < -0.3 is 15.0 Å². The van der Waals surface area contributed by atoms with Crippen molar-refractivity contribution >= 4 is 11.8 Å². The van der Waals surface area contributed by atoms with E-state index >= 15 is 0 Å². The first-order valence-electron chi connectivity index (χ1n) is 8.99. The number of rotatable bonds is 5. The van der Waals surface area contributed by atoms with E-state index in [-0.39, 0.29) is 36.4 Å². The maximum atomic E-state index is 12.5. The van der Waals surface area contributed by atoms with E-state index in [9.17, 15) is 9.59 Å². The summed E-state index contributed by atoms with van der Waals surface area (Å²) >= 11 is 0. The maximum absolute atomic E-state index is 12.5. The lowest BCUT2D eigenvalue weighted by atomic mass is 10.0. The van der Waals surface area contributed by atoms with E-state index in [1.54, 1.807) is 4.90 Å². The zero-order chi connectivity index (χ0) is 18.0. The number of amides is 2. The SMILES string of the molecule is Cc1ccccc1OC1CN(C(=O)C[C@H]2C(=O)NCCN2C(C)C)C1. The second kappa shape index (κ2) is 7.44. The fourth-order valence-electron chi connectivity index (χ4n) is 3.44. The Kier molecular flexibility index (Phi) is 5.27. The highest BCUT2D eigenvalue weighted by Crippen LogP contribution is 2.23. The van der Waals surface area contributed by atoms with E-state index in [0.717, 1.165) is 17.9 Å². The lowest BCUT2D eigenvalue weighted by molar-refractivity contribution is -0.145. The Bertz CT molecular complexity index is 641. The van der Waals surface area contributed by atoms with Gasteiger partial charge in [0.2, 0.25) is 11.8 Å². The van der Waals surface area contributed by atoms with Crippen LogP contribution in [0.1, 0.15) is 25.8 Å². The van der Waals surface area contributed by atoms with Crippen molar-refractivity contribution in [2.45, 2.75) is 45.4 Å². The zero-order valence-electron chi connectivity index (χ0n) is 15.2. The van der Waals surface area contributed by atoms with E-state index in [2.05, 4.69) is 24.1 Å². The van der Waals surface area contributed by atoms with Crippen LogP contribution in [-0.4, -0.2) is 66.0 Å². The molecule has 136 valence electrons. The van der Waals surface area contributed by atoms with Gasteiger partial charge in [-0.15, -0.1) is 0 Å². The Morgan fingerprint density at radius 1 is 1.32 bits per heavy atom. The molecule has 0 spiro atoms. The fourth-order valence-corrected chi connectivity index (χ4v) is 3.44. The number of likely N-dealkylation sites (tertiary alicyclic amines) is 1. The largest absolute Gasteiger partial charge is 0.486 e. The van der Waals surface area contributed by atoms with Crippen LogP contribution < -0.4 is 10.1 Å². The molecule has 2 saturated heterocycles. The Balaban J connectivity index is 1.51. The van der Waals surface area contributed by atoms with Crippen LogP contribution in [0.4, 0.5) is 0 Å².